The molecule has 1 amide bonds. The summed E-state index contributed by atoms with van der Waals surface area (Å²) in [6, 6.07) is 6.53. The monoisotopic (exact) mass is 250 g/mol. The van der Waals surface area contributed by atoms with E-state index >= 15 is 0 Å². The first-order valence-corrected chi connectivity index (χ1v) is 6.34. The second-order valence-electron chi connectivity index (χ2n) is 5.01. The molecule has 0 spiro atoms. The Morgan fingerprint density at radius 2 is 1.94 bits per heavy atom. The SMILES string of the molecule is CC(=O)NC1(Cc2ccc(F)cc2)CCNCC1. The number of nitrogens with one attached hydrogen (secondary N) is 2. The van der Waals surface area contributed by atoms with Crippen LogP contribution in [0.15, 0.2) is 24.3 Å². The van der Waals surface area contributed by atoms with Crippen molar-refractivity contribution in [3.8, 4) is 0 Å². The van der Waals surface area contributed by atoms with Gasteiger partial charge in [0.2, 0.25) is 5.91 Å². The molecule has 18 heavy (non-hydrogen) atoms. The van der Waals surface area contributed by atoms with Gasteiger partial charge in [-0.25, -0.2) is 4.39 Å². The van der Waals surface area contributed by atoms with Crippen LogP contribution in [0, 0.1) is 5.82 Å². The van der Waals surface area contributed by atoms with Crippen LogP contribution in [0.4, 0.5) is 4.39 Å². The van der Waals surface area contributed by atoms with Crippen LogP contribution in [0.3, 0.4) is 0 Å². The Morgan fingerprint density at radius 1 is 1.33 bits per heavy atom. The molecule has 0 unspecified atom stereocenters. The largest absolute Gasteiger partial charge is 0.350 e. The van der Waals surface area contributed by atoms with Crippen LogP contribution in [0.1, 0.15) is 25.3 Å². The number of benzene rings is 1. The van der Waals surface area contributed by atoms with E-state index in [0.717, 1.165) is 37.9 Å². The highest BCUT2D eigenvalue weighted by Gasteiger charge is 2.32. The number of amides is 1. The standard InChI is InChI=1S/C14H19FN2O/c1-11(18)17-14(6-8-16-9-7-14)10-12-2-4-13(15)5-3-12/h2-5,16H,6-10H2,1H3,(H,17,18). The minimum atomic E-state index is -0.224. The number of piperidine rings is 1. The third-order valence-corrected chi connectivity index (χ3v) is 3.46. The van der Waals surface area contributed by atoms with E-state index in [1.807, 2.05) is 0 Å². The Kier molecular flexibility index (Phi) is 3.97. The maximum Gasteiger partial charge on any atom is 0.217 e. The van der Waals surface area contributed by atoms with Gasteiger partial charge in [-0.1, -0.05) is 12.1 Å². The quantitative estimate of drug-likeness (QED) is 0.856. The fourth-order valence-corrected chi connectivity index (χ4v) is 2.62. The number of halogens is 1. The molecule has 2 rings (SSSR count). The molecule has 98 valence electrons. The molecule has 0 aliphatic carbocycles. The van der Waals surface area contributed by atoms with Crippen molar-refractivity contribution in [1.82, 2.24) is 10.6 Å². The van der Waals surface area contributed by atoms with Gasteiger partial charge in [-0.15, -0.1) is 0 Å². The van der Waals surface area contributed by atoms with Crippen molar-refractivity contribution in [3.63, 3.8) is 0 Å². The fraction of sp³-hybridized carbons (Fsp3) is 0.500. The van der Waals surface area contributed by atoms with Gasteiger partial charge in [0, 0.05) is 12.5 Å². The lowest BCUT2D eigenvalue weighted by Gasteiger charge is -2.38. The number of hydrogen-bond donors (Lipinski definition) is 2. The number of carbonyl (C=O) groups excluding carboxylic acids is 1. The van der Waals surface area contributed by atoms with Crippen LogP contribution in [0.5, 0.6) is 0 Å². The summed E-state index contributed by atoms with van der Waals surface area (Å²) in [5, 5.41) is 6.38. The van der Waals surface area contributed by atoms with Crippen LogP contribution in [-0.4, -0.2) is 24.5 Å². The molecule has 0 radical (unpaired) electrons. The van der Waals surface area contributed by atoms with Crippen molar-refractivity contribution in [2.24, 2.45) is 0 Å². The van der Waals surface area contributed by atoms with E-state index in [9.17, 15) is 9.18 Å². The average Bonchev–Trinajstić information content (AvgIpc) is 2.32. The van der Waals surface area contributed by atoms with Gasteiger partial charge in [0.1, 0.15) is 5.82 Å². The summed E-state index contributed by atoms with van der Waals surface area (Å²) in [5.41, 5.74) is 0.876. The fourth-order valence-electron chi connectivity index (χ4n) is 2.62. The van der Waals surface area contributed by atoms with Gasteiger partial charge in [-0.2, -0.15) is 0 Å². The van der Waals surface area contributed by atoms with E-state index in [1.165, 1.54) is 12.1 Å². The molecule has 0 atom stereocenters. The first-order chi connectivity index (χ1) is 8.60. The van der Waals surface area contributed by atoms with Crippen molar-refractivity contribution < 1.29 is 9.18 Å². The number of carbonyl (C=O) groups is 1. The maximum atomic E-state index is 12.9. The van der Waals surface area contributed by atoms with E-state index in [4.69, 9.17) is 0 Å². The molecule has 1 aromatic carbocycles. The highest BCUT2D eigenvalue weighted by molar-refractivity contribution is 5.74. The molecule has 3 nitrogen and oxygen atoms in total. The van der Waals surface area contributed by atoms with Crippen molar-refractivity contribution in [3.05, 3.63) is 35.6 Å². The van der Waals surface area contributed by atoms with Crippen molar-refractivity contribution >= 4 is 5.91 Å². The second kappa shape index (κ2) is 5.48. The molecule has 4 heteroatoms. The van der Waals surface area contributed by atoms with Crippen molar-refractivity contribution in [1.29, 1.82) is 0 Å². The molecule has 1 fully saturated rings. The molecular weight excluding hydrogens is 231 g/mol. The van der Waals surface area contributed by atoms with Gasteiger partial charge in [-0.3, -0.25) is 4.79 Å². The summed E-state index contributed by atoms with van der Waals surface area (Å²) >= 11 is 0. The van der Waals surface area contributed by atoms with E-state index in [1.54, 1.807) is 19.1 Å². The predicted octanol–water partition coefficient (Wildman–Crippen LogP) is 1.63. The zero-order valence-corrected chi connectivity index (χ0v) is 10.6. The lowest BCUT2D eigenvalue weighted by Crippen LogP contribution is -2.55. The topological polar surface area (TPSA) is 41.1 Å². The molecule has 0 aromatic heterocycles. The third kappa shape index (κ3) is 3.29. The first-order valence-electron chi connectivity index (χ1n) is 6.34. The lowest BCUT2D eigenvalue weighted by molar-refractivity contribution is -0.121. The maximum absolute atomic E-state index is 12.9. The van der Waals surface area contributed by atoms with Crippen molar-refractivity contribution in [2.75, 3.05) is 13.1 Å². The van der Waals surface area contributed by atoms with Gasteiger partial charge in [0.15, 0.2) is 0 Å². The minimum Gasteiger partial charge on any atom is -0.350 e. The third-order valence-electron chi connectivity index (χ3n) is 3.46. The Labute approximate surface area is 107 Å². The minimum absolute atomic E-state index is 0.000915. The van der Waals surface area contributed by atoms with Crippen LogP contribution in [0.2, 0.25) is 0 Å². The second-order valence-corrected chi connectivity index (χ2v) is 5.01. The van der Waals surface area contributed by atoms with Gasteiger partial charge < -0.3 is 10.6 Å². The van der Waals surface area contributed by atoms with Crippen LogP contribution >= 0.6 is 0 Å². The first kappa shape index (κ1) is 13.0. The Balaban J connectivity index is 2.13. The number of rotatable bonds is 3. The Hall–Kier alpha value is -1.42. The summed E-state index contributed by atoms with van der Waals surface area (Å²) in [6.45, 7) is 3.36. The molecule has 0 bridgehead atoms. The lowest BCUT2D eigenvalue weighted by atomic mass is 9.82. The van der Waals surface area contributed by atoms with Gasteiger partial charge in [0.25, 0.3) is 0 Å². The van der Waals surface area contributed by atoms with Gasteiger partial charge in [0.05, 0.1) is 0 Å². The Morgan fingerprint density at radius 3 is 2.50 bits per heavy atom. The zero-order chi connectivity index (χ0) is 13.0. The molecular formula is C14H19FN2O. The van der Waals surface area contributed by atoms with E-state index in [-0.39, 0.29) is 17.3 Å². The van der Waals surface area contributed by atoms with Gasteiger partial charge in [-0.05, 0) is 50.0 Å². The average molecular weight is 250 g/mol. The van der Waals surface area contributed by atoms with Crippen molar-refractivity contribution in [2.45, 2.75) is 31.7 Å². The Bertz CT molecular complexity index is 410. The summed E-state index contributed by atoms with van der Waals surface area (Å²) in [5.74, 6) is -0.225. The van der Waals surface area contributed by atoms with E-state index < -0.39 is 0 Å². The summed E-state index contributed by atoms with van der Waals surface area (Å²) in [6.07, 6.45) is 2.57. The smallest absolute Gasteiger partial charge is 0.217 e. The van der Waals surface area contributed by atoms with E-state index in [0.29, 0.717) is 0 Å². The van der Waals surface area contributed by atoms with Crippen LogP contribution in [0.25, 0.3) is 0 Å². The van der Waals surface area contributed by atoms with Gasteiger partial charge >= 0.3 is 0 Å². The highest BCUT2D eigenvalue weighted by atomic mass is 19.1. The molecule has 2 N–H and O–H groups in total. The molecule has 1 aliphatic heterocycles. The summed E-state index contributed by atoms with van der Waals surface area (Å²) in [7, 11) is 0. The van der Waals surface area contributed by atoms with E-state index in [2.05, 4.69) is 10.6 Å². The molecule has 1 heterocycles. The highest BCUT2D eigenvalue weighted by Crippen LogP contribution is 2.23. The van der Waals surface area contributed by atoms with Crippen LogP contribution < -0.4 is 10.6 Å². The molecule has 1 aromatic rings. The summed E-state index contributed by atoms with van der Waals surface area (Å²) < 4.78 is 12.9. The molecule has 1 aliphatic rings. The summed E-state index contributed by atoms with van der Waals surface area (Å²) in [4.78, 5) is 11.4. The van der Waals surface area contributed by atoms with Crippen LogP contribution in [-0.2, 0) is 11.2 Å². The predicted molar refractivity (Wildman–Crippen MR) is 68.8 cm³/mol. The normalized spacial score (nSPS) is 18.3. The zero-order valence-electron chi connectivity index (χ0n) is 10.6. The molecule has 0 saturated carbocycles. The molecule has 1 saturated heterocycles. The number of hydrogen-bond acceptors (Lipinski definition) is 2.